The number of furan rings is 1. The van der Waals surface area contributed by atoms with Crippen LogP contribution in [-0.2, 0) is 13.1 Å². The Hall–Kier alpha value is -2.13. The van der Waals surface area contributed by atoms with Crippen molar-refractivity contribution < 1.29 is 4.42 Å². The normalized spacial score (nSPS) is 10.9. The Bertz CT molecular complexity index is 598. The minimum atomic E-state index is 0.714. The lowest BCUT2D eigenvalue weighted by atomic mass is 10.2. The fourth-order valence-electron chi connectivity index (χ4n) is 1.94. The van der Waals surface area contributed by atoms with Crippen molar-refractivity contribution in [1.29, 1.82) is 0 Å². The van der Waals surface area contributed by atoms with Crippen molar-refractivity contribution in [3.8, 4) is 0 Å². The van der Waals surface area contributed by atoms with Crippen LogP contribution in [0, 0.1) is 0 Å². The van der Waals surface area contributed by atoms with Gasteiger partial charge in [0.1, 0.15) is 11.3 Å². The van der Waals surface area contributed by atoms with E-state index in [0.29, 0.717) is 6.54 Å². The van der Waals surface area contributed by atoms with Crippen molar-refractivity contribution in [3.63, 3.8) is 0 Å². The number of para-hydroxylation sites is 1. The molecule has 3 aromatic rings. The van der Waals surface area contributed by atoms with Gasteiger partial charge in [0.25, 0.3) is 0 Å². The number of aromatic nitrogens is 1. The number of rotatable bonds is 4. The average Bonchev–Trinajstić information content (AvgIpc) is 2.82. The molecule has 3 heteroatoms. The van der Waals surface area contributed by atoms with Gasteiger partial charge >= 0.3 is 0 Å². The van der Waals surface area contributed by atoms with E-state index in [1.165, 1.54) is 0 Å². The maximum Gasteiger partial charge on any atom is 0.134 e. The quantitative estimate of drug-likeness (QED) is 0.759. The van der Waals surface area contributed by atoms with E-state index in [1.807, 2.05) is 36.4 Å². The maximum atomic E-state index is 5.72. The summed E-state index contributed by atoms with van der Waals surface area (Å²) >= 11 is 0. The Morgan fingerprint density at radius 3 is 2.72 bits per heavy atom. The van der Waals surface area contributed by atoms with Crippen LogP contribution >= 0.6 is 0 Å². The molecule has 0 amide bonds. The number of pyridine rings is 1. The third-order valence-corrected chi connectivity index (χ3v) is 2.81. The first-order chi connectivity index (χ1) is 8.92. The Morgan fingerprint density at radius 1 is 1.00 bits per heavy atom. The largest absolute Gasteiger partial charge is 0.460 e. The second-order valence-electron chi connectivity index (χ2n) is 4.18. The van der Waals surface area contributed by atoms with Gasteiger partial charge in [-0.1, -0.05) is 24.3 Å². The van der Waals surface area contributed by atoms with Gasteiger partial charge in [-0.3, -0.25) is 4.98 Å². The highest BCUT2D eigenvalue weighted by Gasteiger charge is 2.02. The second-order valence-corrected chi connectivity index (χ2v) is 4.18. The van der Waals surface area contributed by atoms with Crippen molar-refractivity contribution in [3.05, 3.63) is 66.2 Å². The smallest absolute Gasteiger partial charge is 0.134 e. The third-order valence-electron chi connectivity index (χ3n) is 2.81. The molecule has 0 radical (unpaired) electrons. The minimum absolute atomic E-state index is 0.714. The lowest BCUT2D eigenvalue weighted by Gasteiger charge is -2.01. The SMILES string of the molecule is c1ccc(CNCc2cc3ccccc3o2)nc1. The molecule has 0 unspecified atom stereocenters. The zero-order chi connectivity index (χ0) is 12.2. The fourth-order valence-corrected chi connectivity index (χ4v) is 1.94. The van der Waals surface area contributed by atoms with Gasteiger partial charge in [-0.25, -0.2) is 0 Å². The molecule has 1 N–H and O–H groups in total. The molecule has 3 nitrogen and oxygen atoms in total. The number of nitrogens with zero attached hydrogens (tertiary/aromatic N) is 1. The molecular weight excluding hydrogens is 224 g/mol. The topological polar surface area (TPSA) is 38.1 Å². The summed E-state index contributed by atoms with van der Waals surface area (Å²) in [6.45, 7) is 1.46. The van der Waals surface area contributed by atoms with E-state index in [-0.39, 0.29) is 0 Å². The van der Waals surface area contributed by atoms with E-state index in [4.69, 9.17) is 4.42 Å². The van der Waals surface area contributed by atoms with E-state index >= 15 is 0 Å². The molecule has 0 aliphatic carbocycles. The number of hydrogen-bond donors (Lipinski definition) is 1. The molecule has 0 aliphatic rings. The molecule has 1 aromatic carbocycles. The van der Waals surface area contributed by atoms with Crippen LogP contribution in [0.25, 0.3) is 11.0 Å². The molecule has 0 saturated carbocycles. The van der Waals surface area contributed by atoms with Crippen LogP contribution in [0.4, 0.5) is 0 Å². The Balaban J connectivity index is 1.63. The highest BCUT2D eigenvalue weighted by molar-refractivity contribution is 5.77. The molecule has 0 spiro atoms. The summed E-state index contributed by atoms with van der Waals surface area (Å²) in [5.41, 5.74) is 1.97. The monoisotopic (exact) mass is 238 g/mol. The Labute approximate surface area is 105 Å². The minimum Gasteiger partial charge on any atom is -0.460 e. The summed E-state index contributed by atoms with van der Waals surface area (Å²) in [4.78, 5) is 4.26. The van der Waals surface area contributed by atoms with Crippen LogP contribution in [0.2, 0.25) is 0 Å². The van der Waals surface area contributed by atoms with E-state index in [9.17, 15) is 0 Å². The summed E-state index contributed by atoms with van der Waals surface area (Å²) in [5.74, 6) is 0.951. The van der Waals surface area contributed by atoms with E-state index in [0.717, 1.165) is 29.0 Å². The van der Waals surface area contributed by atoms with Crippen LogP contribution in [0.3, 0.4) is 0 Å². The lowest BCUT2D eigenvalue weighted by Crippen LogP contribution is -2.12. The summed E-state index contributed by atoms with van der Waals surface area (Å²) in [6.07, 6.45) is 1.80. The Morgan fingerprint density at radius 2 is 1.89 bits per heavy atom. The summed E-state index contributed by atoms with van der Waals surface area (Å²) in [5, 5.41) is 4.47. The van der Waals surface area contributed by atoms with Crippen LogP contribution in [0.5, 0.6) is 0 Å². The predicted molar refractivity (Wildman–Crippen MR) is 71.0 cm³/mol. The second kappa shape index (κ2) is 5.02. The van der Waals surface area contributed by atoms with Gasteiger partial charge in [-0.05, 0) is 24.3 Å². The number of benzene rings is 1. The van der Waals surface area contributed by atoms with Crippen molar-refractivity contribution in [2.45, 2.75) is 13.1 Å². The van der Waals surface area contributed by atoms with E-state index < -0.39 is 0 Å². The molecule has 2 aromatic heterocycles. The van der Waals surface area contributed by atoms with Crippen molar-refractivity contribution in [1.82, 2.24) is 10.3 Å². The summed E-state index contributed by atoms with van der Waals surface area (Å²) < 4.78 is 5.72. The maximum absolute atomic E-state index is 5.72. The van der Waals surface area contributed by atoms with Crippen LogP contribution in [0.1, 0.15) is 11.5 Å². The number of fused-ring (bicyclic) bond motifs is 1. The van der Waals surface area contributed by atoms with Gasteiger partial charge in [0, 0.05) is 18.1 Å². The number of hydrogen-bond acceptors (Lipinski definition) is 3. The van der Waals surface area contributed by atoms with Gasteiger partial charge in [-0.2, -0.15) is 0 Å². The number of nitrogens with one attached hydrogen (secondary N) is 1. The first-order valence-electron chi connectivity index (χ1n) is 6.00. The molecule has 0 fully saturated rings. The average molecular weight is 238 g/mol. The van der Waals surface area contributed by atoms with Gasteiger partial charge in [0.15, 0.2) is 0 Å². The molecular formula is C15H14N2O. The molecule has 0 saturated heterocycles. The molecule has 0 bridgehead atoms. The summed E-state index contributed by atoms with van der Waals surface area (Å²) in [7, 11) is 0. The first-order valence-corrected chi connectivity index (χ1v) is 6.00. The predicted octanol–water partition coefficient (Wildman–Crippen LogP) is 3.12. The van der Waals surface area contributed by atoms with Crippen molar-refractivity contribution in [2.24, 2.45) is 0 Å². The van der Waals surface area contributed by atoms with E-state index in [1.54, 1.807) is 6.20 Å². The molecule has 3 rings (SSSR count). The molecule has 0 aliphatic heterocycles. The molecule has 2 heterocycles. The van der Waals surface area contributed by atoms with Gasteiger partial charge in [-0.15, -0.1) is 0 Å². The van der Waals surface area contributed by atoms with Gasteiger partial charge < -0.3 is 9.73 Å². The van der Waals surface area contributed by atoms with Crippen LogP contribution < -0.4 is 5.32 Å². The highest BCUT2D eigenvalue weighted by Crippen LogP contribution is 2.18. The molecule has 18 heavy (non-hydrogen) atoms. The Kier molecular flexibility index (Phi) is 3.07. The molecule has 0 atom stereocenters. The van der Waals surface area contributed by atoms with Gasteiger partial charge in [0.2, 0.25) is 0 Å². The van der Waals surface area contributed by atoms with Crippen LogP contribution in [-0.4, -0.2) is 4.98 Å². The van der Waals surface area contributed by atoms with Crippen LogP contribution in [0.15, 0.2) is 59.1 Å². The fraction of sp³-hybridized carbons (Fsp3) is 0.133. The molecule has 90 valence electrons. The van der Waals surface area contributed by atoms with Crippen molar-refractivity contribution in [2.75, 3.05) is 0 Å². The first kappa shape index (κ1) is 11.0. The van der Waals surface area contributed by atoms with Gasteiger partial charge in [0.05, 0.1) is 12.2 Å². The zero-order valence-corrected chi connectivity index (χ0v) is 9.97. The standard InChI is InChI=1S/C15H14N2O/c1-2-7-15-12(5-1)9-14(18-15)11-16-10-13-6-3-4-8-17-13/h1-9,16H,10-11H2. The van der Waals surface area contributed by atoms with E-state index in [2.05, 4.69) is 22.4 Å². The van der Waals surface area contributed by atoms with Crippen molar-refractivity contribution >= 4 is 11.0 Å². The summed E-state index contributed by atoms with van der Waals surface area (Å²) in [6, 6.07) is 16.0. The lowest BCUT2D eigenvalue weighted by molar-refractivity contribution is 0.512. The highest BCUT2D eigenvalue weighted by atomic mass is 16.3. The zero-order valence-electron chi connectivity index (χ0n) is 9.97. The third kappa shape index (κ3) is 2.41.